The maximum absolute atomic E-state index is 12.4. The largest absolute Gasteiger partial charge is 0.326 e. The van der Waals surface area contributed by atoms with Crippen LogP contribution in [0.5, 0.6) is 0 Å². The molecule has 0 saturated heterocycles. The molecule has 1 fully saturated rings. The predicted octanol–water partition coefficient (Wildman–Crippen LogP) is 4.86. The van der Waals surface area contributed by atoms with Crippen molar-refractivity contribution in [1.29, 1.82) is 0 Å². The molecule has 0 unspecified atom stereocenters. The summed E-state index contributed by atoms with van der Waals surface area (Å²) < 4.78 is 0. The number of hydrazone groups is 1. The summed E-state index contributed by atoms with van der Waals surface area (Å²) in [6.07, 6.45) is 1.91. The van der Waals surface area contributed by atoms with E-state index in [0.717, 1.165) is 35.2 Å². The van der Waals surface area contributed by atoms with Crippen LogP contribution in [0.2, 0.25) is 0 Å². The molecule has 0 heterocycles. The van der Waals surface area contributed by atoms with Gasteiger partial charge in [-0.1, -0.05) is 54.6 Å². The minimum absolute atomic E-state index is 0.0470. The second-order valence-corrected chi connectivity index (χ2v) is 7.42. The van der Waals surface area contributed by atoms with Gasteiger partial charge in [0.05, 0.1) is 5.71 Å². The van der Waals surface area contributed by atoms with E-state index in [0.29, 0.717) is 11.3 Å². The average Bonchev–Trinajstić information content (AvgIpc) is 3.64. The van der Waals surface area contributed by atoms with Gasteiger partial charge >= 0.3 is 0 Å². The molecule has 0 aliphatic heterocycles. The summed E-state index contributed by atoms with van der Waals surface area (Å²) in [7, 11) is 0. The number of carbonyl (C=O) groups excluding carboxylic acids is 2. The van der Waals surface area contributed by atoms with Crippen LogP contribution in [0, 0.1) is 5.92 Å². The van der Waals surface area contributed by atoms with Crippen LogP contribution in [0.3, 0.4) is 0 Å². The van der Waals surface area contributed by atoms with Crippen LogP contribution in [-0.2, 0) is 4.79 Å². The first-order valence-corrected chi connectivity index (χ1v) is 10.0. The van der Waals surface area contributed by atoms with Crippen LogP contribution in [0.4, 0.5) is 5.69 Å². The van der Waals surface area contributed by atoms with Crippen LogP contribution in [0.15, 0.2) is 84.0 Å². The first-order chi connectivity index (χ1) is 14.6. The van der Waals surface area contributed by atoms with Gasteiger partial charge < -0.3 is 5.32 Å². The SMILES string of the molecule is CC(=NNC(=O)c1ccc(NC(=O)C2CC2)cc1)c1ccc(-c2ccccc2)cc1. The lowest BCUT2D eigenvalue weighted by Crippen LogP contribution is -2.19. The summed E-state index contributed by atoms with van der Waals surface area (Å²) in [4.78, 5) is 24.2. The molecule has 3 aromatic rings. The fourth-order valence-corrected chi connectivity index (χ4v) is 3.09. The highest BCUT2D eigenvalue weighted by atomic mass is 16.2. The Kier molecular flexibility index (Phi) is 5.70. The molecule has 0 radical (unpaired) electrons. The molecule has 0 spiro atoms. The van der Waals surface area contributed by atoms with Crippen molar-refractivity contribution in [2.45, 2.75) is 19.8 Å². The van der Waals surface area contributed by atoms with E-state index in [1.807, 2.05) is 49.4 Å². The van der Waals surface area contributed by atoms with Crippen molar-refractivity contribution in [3.63, 3.8) is 0 Å². The predicted molar refractivity (Wildman–Crippen MR) is 119 cm³/mol. The Morgan fingerprint density at radius 3 is 2.03 bits per heavy atom. The van der Waals surface area contributed by atoms with Gasteiger partial charge in [-0.15, -0.1) is 0 Å². The summed E-state index contributed by atoms with van der Waals surface area (Å²) >= 11 is 0. The van der Waals surface area contributed by atoms with Crippen molar-refractivity contribution < 1.29 is 9.59 Å². The molecule has 5 heteroatoms. The number of anilines is 1. The Morgan fingerprint density at radius 2 is 1.40 bits per heavy atom. The average molecular weight is 397 g/mol. The van der Waals surface area contributed by atoms with Crippen molar-refractivity contribution in [2.24, 2.45) is 11.0 Å². The molecule has 0 atom stereocenters. The van der Waals surface area contributed by atoms with E-state index >= 15 is 0 Å². The summed E-state index contributed by atoms with van der Waals surface area (Å²) in [5.74, 6) is -0.104. The van der Waals surface area contributed by atoms with Gasteiger partial charge in [0.2, 0.25) is 5.91 Å². The summed E-state index contributed by atoms with van der Waals surface area (Å²) in [5, 5.41) is 7.08. The van der Waals surface area contributed by atoms with E-state index in [2.05, 4.69) is 28.0 Å². The highest BCUT2D eigenvalue weighted by Crippen LogP contribution is 2.30. The molecule has 3 aromatic carbocycles. The smallest absolute Gasteiger partial charge is 0.271 e. The number of amides is 2. The van der Waals surface area contributed by atoms with Crippen molar-refractivity contribution in [3.05, 3.63) is 90.0 Å². The minimum Gasteiger partial charge on any atom is -0.326 e. The molecule has 2 N–H and O–H groups in total. The molecular weight excluding hydrogens is 374 g/mol. The maximum Gasteiger partial charge on any atom is 0.271 e. The molecule has 1 saturated carbocycles. The zero-order chi connectivity index (χ0) is 20.9. The van der Waals surface area contributed by atoms with Gasteiger partial charge in [0.1, 0.15) is 0 Å². The second-order valence-electron chi connectivity index (χ2n) is 7.42. The molecule has 4 rings (SSSR count). The standard InChI is InChI=1S/C25H23N3O2/c1-17(18-7-9-20(10-8-18)19-5-3-2-4-6-19)27-28-25(30)22-13-15-23(16-14-22)26-24(29)21-11-12-21/h2-10,13-16,21H,11-12H2,1H3,(H,26,29)(H,28,30). The number of rotatable bonds is 6. The van der Waals surface area contributed by atoms with E-state index < -0.39 is 0 Å². The Hall–Kier alpha value is -3.73. The maximum atomic E-state index is 12.4. The summed E-state index contributed by atoms with van der Waals surface area (Å²) in [6, 6.07) is 25.0. The molecule has 150 valence electrons. The second kappa shape index (κ2) is 8.74. The normalized spacial score (nSPS) is 13.6. The summed E-state index contributed by atoms with van der Waals surface area (Å²) in [6.45, 7) is 1.86. The molecule has 2 amide bonds. The van der Waals surface area contributed by atoms with E-state index in [-0.39, 0.29) is 17.7 Å². The van der Waals surface area contributed by atoms with Crippen LogP contribution in [-0.4, -0.2) is 17.5 Å². The van der Waals surface area contributed by atoms with Crippen LogP contribution < -0.4 is 10.7 Å². The third-order valence-electron chi connectivity index (χ3n) is 5.10. The van der Waals surface area contributed by atoms with Gasteiger partial charge in [-0.05, 0) is 60.7 Å². The van der Waals surface area contributed by atoms with Gasteiger partial charge in [-0.3, -0.25) is 9.59 Å². The number of nitrogens with zero attached hydrogens (tertiary/aromatic N) is 1. The topological polar surface area (TPSA) is 70.6 Å². The quantitative estimate of drug-likeness (QED) is 0.461. The zero-order valence-electron chi connectivity index (χ0n) is 16.8. The monoisotopic (exact) mass is 397 g/mol. The van der Waals surface area contributed by atoms with Crippen molar-refractivity contribution in [2.75, 3.05) is 5.32 Å². The van der Waals surface area contributed by atoms with Gasteiger partial charge in [-0.25, -0.2) is 5.43 Å². The lowest BCUT2D eigenvalue weighted by atomic mass is 10.0. The van der Waals surface area contributed by atoms with E-state index in [4.69, 9.17) is 0 Å². The Labute approximate surface area is 175 Å². The number of carbonyl (C=O) groups is 2. The third-order valence-corrected chi connectivity index (χ3v) is 5.10. The third kappa shape index (κ3) is 4.81. The van der Waals surface area contributed by atoms with Gasteiger partial charge in [-0.2, -0.15) is 5.10 Å². The van der Waals surface area contributed by atoms with Crippen molar-refractivity contribution >= 4 is 23.2 Å². The fraction of sp³-hybridized carbons (Fsp3) is 0.160. The Bertz CT molecular complexity index is 1070. The fourth-order valence-electron chi connectivity index (χ4n) is 3.09. The van der Waals surface area contributed by atoms with Gasteiger partial charge in [0.25, 0.3) is 5.91 Å². The highest BCUT2D eigenvalue weighted by Gasteiger charge is 2.29. The number of benzene rings is 3. The Balaban J connectivity index is 1.36. The van der Waals surface area contributed by atoms with E-state index in [1.165, 1.54) is 0 Å². The van der Waals surface area contributed by atoms with Gasteiger partial charge in [0.15, 0.2) is 0 Å². The molecule has 0 bridgehead atoms. The number of hydrogen-bond donors (Lipinski definition) is 2. The highest BCUT2D eigenvalue weighted by molar-refractivity contribution is 6.01. The summed E-state index contributed by atoms with van der Waals surface area (Å²) in [5.41, 5.74) is 7.71. The molecule has 5 nitrogen and oxygen atoms in total. The molecule has 0 aromatic heterocycles. The minimum atomic E-state index is -0.296. The number of hydrogen-bond acceptors (Lipinski definition) is 3. The molecular formula is C25H23N3O2. The molecule has 1 aliphatic carbocycles. The Morgan fingerprint density at radius 1 is 0.800 bits per heavy atom. The zero-order valence-corrected chi connectivity index (χ0v) is 16.8. The van der Waals surface area contributed by atoms with Crippen molar-refractivity contribution in [1.82, 2.24) is 5.43 Å². The number of nitrogens with one attached hydrogen (secondary N) is 2. The molecule has 1 aliphatic rings. The first kappa shape index (κ1) is 19.6. The first-order valence-electron chi connectivity index (χ1n) is 10.0. The van der Waals surface area contributed by atoms with E-state index in [1.54, 1.807) is 24.3 Å². The van der Waals surface area contributed by atoms with Crippen molar-refractivity contribution in [3.8, 4) is 11.1 Å². The molecule has 30 heavy (non-hydrogen) atoms. The van der Waals surface area contributed by atoms with Crippen LogP contribution in [0.25, 0.3) is 11.1 Å². The van der Waals surface area contributed by atoms with Crippen LogP contribution >= 0.6 is 0 Å². The lowest BCUT2D eigenvalue weighted by Gasteiger charge is -2.07. The lowest BCUT2D eigenvalue weighted by molar-refractivity contribution is -0.117. The van der Waals surface area contributed by atoms with Crippen LogP contribution in [0.1, 0.15) is 35.7 Å². The van der Waals surface area contributed by atoms with E-state index in [9.17, 15) is 9.59 Å². The van der Waals surface area contributed by atoms with Gasteiger partial charge in [0, 0.05) is 17.2 Å².